The highest BCUT2D eigenvalue weighted by Gasteiger charge is 2.23. The Labute approximate surface area is 97.0 Å². The van der Waals surface area contributed by atoms with Crippen LogP contribution in [-0.4, -0.2) is 33.5 Å². The molecule has 2 N–H and O–H groups in total. The van der Waals surface area contributed by atoms with E-state index in [0.717, 1.165) is 5.82 Å². The number of rotatable bonds is 6. The van der Waals surface area contributed by atoms with Gasteiger partial charge >= 0.3 is 0 Å². The van der Waals surface area contributed by atoms with Gasteiger partial charge in [0, 0.05) is 26.1 Å². The van der Waals surface area contributed by atoms with Crippen molar-refractivity contribution < 1.29 is 4.74 Å². The van der Waals surface area contributed by atoms with Crippen molar-refractivity contribution in [3.8, 4) is 0 Å². The lowest BCUT2D eigenvalue weighted by molar-refractivity contribution is 0.0122. The van der Waals surface area contributed by atoms with Gasteiger partial charge in [0.05, 0.1) is 6.10 Å². The smallest absolute Gasteiger partial charge is 0.138 e. The standard InChI is InChI=1S/C11H22N4O/c1-5-16-11(8(2)3)9(12)6-10-13-7-14-15(10)4/h7-9,11H,5-6,12H2,1-4H3. The molecule has 5 nitrogen and oxygen atoms in total. The number of aryl methyl sites for hydroxylation is 1. The van der Waals surface area contributed by atoms with Gasteiger partial charge in [0.25, 0.3) is 0 Å². The van der Waals surface area contributed by atoms with Crippen molar-refractivity contribution in [1.82, 2.24) is 14.8 Å². The topological polar surface area (TPSA) is 66.0 Å². The van der Waals surface area contributed by atoms with Gasteiger partial charge in [-0.3, -0.25) is 4.68 Å². The molecule has 1 aromatic rings. The van der Waals surface area contributed by atoms with Gasteiger partial charge in [0.2, 0.25) is 0 Å². The summed E-state index contributed by atoms with van der Waals surface area (Å²) in [5, 5.41) is 4.03. The van der Waals surface area contributed by atoms with Crippen LogP contribution in [0.5, 0.6) is 0 Å². The molecule has 16 heavy (non-hydrogen) atoms. The zero-order valence-electron chi connectivity index (χ0n) is 10.6. The van der Waals surface area contributed by atoms with Gasteiger partial charge in [-0.25, -0.2) is 4.98 Å². The fourth-order valence-electron chi connectivity index (χ4n) is 1.83. The molecule has 1 rings (SSSR count). The lowest BCUT2D eigenvalue weighted by atomic mass is 9.97. The van der Waals surface area contributed by atoms with Gasteiger partial charge < -0.3 is 10.5 Å². The maximum Gasteiger partial charge on any atom is 0.138 e. The highest BCUT2D eigenvalue weighted by molar-refractivity contribution is 4.91. The van der Waals surface area contributed by atoms with Gasteiger partial charge in [0.15, 0.2) is 0 Å². The second kappa shape index (κ2) is 5.96. The van der Waals surface area contributed by atoms with Crippen molar-refractivity contribution in [2.75, 3.05) is 6.61 Å². The van der Waals surface area contributed by atoms with E-state index in [4.69, 9.17) is 10.5 Å². The predicted molar refractivity (Wildman–Crippen MR) is 62.9 cm³/mol. The molecule has 0 bridgehead atoms. The SMILES string of the molecule is CCOC(C(C)C)C(N)Cc1ncnn1C. The first-order valence-electron chi connectivity index (χ1n) is 5.76. The molecule has 92 valence electrons. The number of ether oxygens (including phenoxy) is 1. The van der Waals surface area contributed by atoms with Crippen LogP contribution in [0.3, 0.4) is 0 Å². The van der Waals surface area contributed by atoms with Crippen molar-refractivity contribution in [3.05, 3.63) is 12.2 Å². The van der Waals surface area contributed by atoms with Crippen molar-refractivity contribution >= 4 is 0 Å². The molecule has 0 saturated heterocycles. The quantitative estimate of drug-likeness (QED) is 0.777. The highest BCUT2D eigenvalue weighted by Crippen LogP contribution is 2.12. The van der Waals surface area contributed by atoms with Gasteiger partial charge in [0.1, 0.15) is 12.2 Å². The van der Waals surface area contributed by atoms with Crippen LogP contribution in [0.15, 0.2) is 6.33 Å². The summed E-state index contributed by atoms with van der Waals surface area (Å²) in [6.45, 7) is 6.92. The third-order valence-electron chi connectivity index (χ3n) is 2.66. The Hall–Kier alpha value is -0.940. The second-order valence-electron chi connectivity index (χ2n) is 4.33. The third kappa shape index (κ3) is 3.28. The minimum atomic E-state index is -0.0390. The molecule has 5 heteroatoms. The number of nitrogens with zero attached hydrogens (tertiary/aromatic N) is 3. The van der Waals surface area contributed by atoms with Crippen LogP contribution in [-0.2, 0) is 18.2 Å². The van der Waals surface area contributed by atoms with Crippen molar-refractivity contribution in [3.63, 3.8) is 0 Å². The lowest BCUT2D eigenvalue weighted by Crippen LogP contribution is -2.42. The van der Waals surface area contributed by atoms with E-state index in [-0.39, 0.29) is 12.1 Å². The molecule has 1 aromatic heterocycles. The van der Waals surface area contributed by atoms with Crippen LogP contribution >= 0.6 is 0 Å². The molecule has 0 amide bonds. The monoisotopic (exact) mass is 226 g/mol. The van der Waals surface area contributed by atoms with Gasteiger partial charge in [-0.15, -0.1) is 0 Å². The zero-order chi connectivity index (χ0) is 12.1. The van der Waals surface area contributed by atoms with E-state index in [0.29, 0.717) is 18.9 Å². The summed E-state index contributed by atoms with van der Waals surface area (Å²) in [5.41, 5.74) is 6.16. The molecule has 0 aliphatic heterocycles. The number of hydrogen-bond donors (Lipinski definition) is 1. The number of hydrogen-bond acceptors (Lipinski definition) is 4. The average molecular weight is 226 g/mol. The Kier molecular flexibility index (Phi) is 4.89. The van der Waals surface area contributed by atoms with E-state index in [1.165, 1.54) is 0 Å². The summed E-state index contributed by atoms with van der Waals surface area (Å²) in [7, 11) is 1.88. The third-order valence-corrected chi connectivity index (χ3v) is 2.66. The molecule has 0 saturated carbocycles. The van der Waals surface area contributed by atoms with Crippen LogP contribution < -0.4 is 5.73 Å². The van der Waals surface area contributed by atoms with E-state index in [2.05, 4.69) is 23.9 Å². The Bertz CT molecular complexity index is 311. The largest absolute Gasteiger partial charge is 0.377 e. The maximum atomic E-state index is 6.16. The maximum absolute atomic E-state index is 6.16. The molecule has 2 unspecified atom stereocenters. The summed E-state index contributed by atoms with van der Waals surface area (Å²) in [4.78, 5) is 4.17. The van der Waals surface area contributed by atoms with E-state index in [9.17, 15) is 0 Å². The molecule has 0 spiro atoms. The highest BCUT2D eigenvalue weighted by atomic mass is 16.5. The molecule has 2 atom stereocenters. The van der Waals surface area contributed by atoms with Crippen molar-refractivity contribution in [1.29, 1.82) is 0 Å². The Morgan fingerprint density at radius 2 is 2.19 bits per heavy atom. The van der Waals surface area contributed by atoms with E-state index in [1.54, 1.807) is 11.0 Å². The Morgan fingerprint density at radius 1 is 1.50 bits per heavy atom. The van der Waals surface area contributed by atoms with Crippen molar-refractivity contribution in [2.24, 2.45) is 18.7 Å². The first-order valence-corrected chi connectivity index (χ1v) is 5.76. The van der Waals surface area contributed by atoms with Crippen LogP contribution in [0.25, 0.3) is 0 Å². The molecule has 0 aliphatic rings. The molecular weight excluding hydrogens is 204 g/mol. The van der Waals surface area contributed by atoms with Crippen LogP contribution in [0, 0.1) is 5.92 Å². The van der Waals surface area contributed by atoms with Crippen LogP contribution in [0.4, 0.5) is 0 Å². The fourth-order valence-corrected chi connectivity index (χ4v) is 1.83. The molecule has 0 aromatic carbocycles. The normalized spacial score (nSPS) is 15.4. The van der Waals surface area contributed by atoms with E-state index < -0.39 is 0 Å². The fraction of sp³-hybridized carbons (Fsp3) is 0.818. The lowest BCUT2D eigenvalue weighted by Gasteiger charge is -2.26. The summed E-state index contributed by atoms with van der Waals surface area (Å²) < 4.78 is 7.42. The van der Waals surface area contributed by atoms with Crippen LogP contribution in [0.2, 0.25) is 0 Å². The number of aromatic nitrogens is 3. The van der Waals surface area contributed by atoms with Crippen LogP contribution in [0.1, 0.15) is 26.6 Å². The molecule has 0 fully saturated rings. The summed E-state index contributed by atoms with van der Waals surface area (Å²) in [5.74, 6) is 1.31. The predicted octanol–water partition coefficient (Wildman–Crippen LogP) is 0.746. The minimum absolute atomic E-state index is 0.0390. The summed E-state index contributed by atoms with van der Waals surface area (Å²) in [6.07, 6.45) is 2.31. The minimum Gasteiger partial charge on any atom is -0.377 e. The Morgan fingerprint density at radius 3 is 2.62 bits per heavy atom. The molecular formula is C11H22N4O. The summed E-state index contributed by atoms with van der Waals surface area (Å²) >= 11 is 0. The number of nitrogens with two attached hydrogens (primary N) is 1. The first kappa shape index (κ1) is 13.1. The molecule has 0 radical (unpaired) electrons. The molecule has 1 heterocycles. The molecule has 0 aliphatic carbocycles. The van der Waals surface area contributed by atoms with Gasteiger partial charge in [-0.1, -0.05) is 13.8 Å². The van der Waals surface area contributed by atoms with Gasteiger partial charge in [-0.05, 0) is 12.8 Å². The Balaban J connectivity index is 2.62. The average Bonchev–Trinajstić information content (AvgIpc) is 2.60. The zero-order valence-corrected chi connectivity index (χ0v) is 10.6. The first-order chi connectivity index (χ1) is 7.56. The van der Waals surface area contributed by atoms with E-state index >= 15 is 0 Å². The summed E-state index contributed by atoms with van der Waals surface area (Å²) in [6, 6.07) is -0.0390. The van der Waals surface area contributed by atoms with Crippen molar-refractivity contribution in [2.45, 2.75) is 39.3 Å². The van der Waals surface area contributed by atoms with E-state index in [1.807, 2.05) is 14.0 Å². The van der Waals surface area contributed by atoms with Gasteiger partial charge in [-0.2, -0.15) is 5.10 Å². The second-order valence-corrected chi connectivity index (χ2v) is 4.33.